The van der Waals surface area contributed by atoms with Crippen LogP contribution >= 0.6 is 0 Å². The van der Waals surface area contributed by atoms with Crippen LogP contribution in [0.3, 0.4) is 0 Å². The number of ketones is 1. The third kappa shape index (κ3) is 2.12. The van der Waals surface area contributed by atoms with Gasteiger partial charge in [-0.05, 0) is 24.3 Å². The Morgan fingerprint density at radius 3 is 2.60 bits per heavy atom. The van der Waals surface area contributed by atoms with Crippen LogP contribution in [0.15, 0.2) is 54.6 Å². The highest BCUT2D eigenvalue weighted by Gasteiger charge is 2.25. The fourth-order valence-corrected chi connectivity index (χ4v) is 2.13. The van der Waals surface area contributed by atoms with E-state index in [1.165, 1.54) is 24.3 Å². The zero-order valence-corrected chi connectivity index (χ0v) is 10.4. The summed E-state index contributed by atoms with van der Waals surface area (Å²) < 4.78 is 13.1. The fourth-order valence-electron chi connectivity index (χ4n) is 2.13. The maximum absolute atomic E-state index is 13.1. The molecule has 3 rings (SSSR count). The number of hydrogen-bond donors (Lipinski definition) is 1. The van der Waals surface area contributed by atoms with Crippen molar-refractivity contribution in [2.75, 3.05) is 5.32 Å². The van der Waals surface area contributed by atoms with Gasteiger partial charge < -0.3 is 5.32 Å². The van der Waals surface area contributed by atoms with Crippen LogP contribution < -0.4 is 5.32 Å². The molecule has 0 saturated carbocycles. The minimum absolute atomic E-state index is 0.257. The topological polar surface area (TPSA) is 46.2 Å². The second-order valence-corrected chi connectivity index (χ2v) is 4.43. The van der Waals surface area contributed by atoms with Crippen molar-refractivity contribution in [3.8, 4) is 0 Å². The summed E-state index contributed by atoms with van der Waals surface area (Å²) in [6.45, 7) is 0. The number of rotatable bonds is 2. The molecule has 0 aliphatic carbocycles. The summed E-state index contributed by atoms with van der Waals surface area (Å²) in [6.07, 6.45) is 1.29. The number of benzene rings is 2. The van der Waals surface area contributed by atoms with E-state index in [9.17, 15) is 14.0 Å². The molecule has 2 aromatic carbocycles. The molecular weight excluding hydrogens is 257 g/mol. The number of carbonyl (C=O) groups is 2. The van der Waals surface area contributed by atoms with Crippen LogP contribution in [0.1, 0.15) is 15.9 Å². The number of halogens is 1. The summed E-state index contributed by atoms with van der Waals surface area (Å²) in [7, 11) is 0. The van der Waals surface area contributed by atoms with Crippen molar-refractivity contribution in [1.29, 1.82) is 0 Å². The van der Waals surface area contributed by atoms with E-state index in [1.807, 2.05) is 6.07 Å². The highest BCUT2D eigenvalue weighted by atomic mass is 19.1. The predicted molar refractivity (Wildman–Crippen MR) is 73.8 cm³/mol. The van der Waals surface area contributed by atoms with Crippen molar-refractivity contribution in [2.45, 2.75) is 0 Å². The Morgan fingerprint density at radius 1 is 1.10 bits per heavy atom. The zero-order valence-electron chi connectivity index (χ0n) is 10.4. The molecule has 0 unspecified atom stereocenters. The van der Waals surface area contributed by atoms with E-state index in [0.717, 1.165) is 0 Å². The highest BCUT2D eigenvalue weighted by molar-refractivity contribution is 6.35. The lowest BCUT2D eigenvalue weighted by atomic mass is 10.0. The first-order chi connectivity index (χ1) is 9.65. The van der Waals surface area contributed by atoms with E-state index in [1.54, 1.807) is 24.3 Å². The van der Waals surface area contributed by atoms with Crippen LogP contribution in [0.4, 0.5) is 10.1 Å². The van der Waals surface area contributed by atoms with Crippen molar-refractivity contribution in [1.82, 2.24) is 0 Å². The molecule has 0 spiro atoms. The standard InChI is InChI=1S/C16H10FNO2/c17-11-6-7-12-13(16(20)18-14(12)8-11)9-15(19)10-4-2-1-3-5-10/h1-9H,(H,18,20)/b13-9-. The molecule has 0 bridgehead atoms. The summed E-state index contributed by atoms with van der Waals surface area (Å²) in [6, 6.07) is 12.7. The lowest BCUT2D eigenvalue weighted by Gasteiger charge is -1.98. The molecule has 1 amide bonds. The third-order valence-electron chi connectivity index (χ3n) is 3.10. The predicted octanol–water partition coefficient (Wildman–Crippen LogP) is 3.04. The van der Waals surface area contributed by atoms with Gasteiger partial charge in [0, 0.05) is 11.1 Å². The first kappa shape index (κ1) is 12.3. The van der Waals surface area contributed by atoms with Gasteiger partial charge in [0.15, 0.2) is 5.78 Å². The number of carbonyl (C=O) groups excluding carboxylic acids is 2. The van der Waals surface area contributed by atoms with Gasteiger partial charge in [0.05, 0.1) is 11.3 Å². The molecule has 0 atom stereocenters. The lowest BCUT2D eigenvalue weighted by Crippen LogP contribution is -2.05. The number of hydrogen-bond acceptors (Lipinski definition) is 2. The van der Waals surface area contributed by atoms with Gasteiger partial charge in [-0.15, -0.1) is 0 Å². The Bertz CT molecular complexity index is 735. The van der Waals surface area contributed by atoms with Crippen molar-refractivity contribution in [3.63, 3.8) is 0 Å². The molecule has 1 aliphatic rings. The van der Waals surface area contributed by atoms with Crippen LogP contribution in [-0.4, -0.2) is 11.7 Å². The summed E-state index contributed by atoms with van der Waals surface area (Å²) in [5.74, 6) is -1.08. The van der Waals surface area contributed by atoms with Gasteiger partial charge in [0.1, 0.15) is 5.82 Å². The van der Waals surface area contributed by atoms with Crippen molar-refractivity contribution in [3.05, 3.63) is 71.6 Å². The molecule has 1 aliphatic heterocycles. The van der Waals surface area contributed by atoms with Crippen molar-refractivity contribution < 1.29 is 14.0 Å². The Hall–Kier alpha value is -2.75. The molecule has 0 aromatic heterocycles. The largest absolute Gasteiger partial charge is 0.321 e. The van der Waals surface area contributed by atoms with Gasteiger partial charge in [-0.1, -0.05) is 30.3 Å². The SMILES string of the molecule is O=C1Nc2cc(F)ccc2/C1=C/C(=O)c1ccccc1. The quantitative estimate of drug-likeness (QED) is 0.671. The first-order valence-corrected chi connectivity index (χ1v) is 6.07. The second-order valence-electron chi connectivity index (χ2n) is 4.43. The Kier molecular flexibility index (Phi) is 2.91. The molecular formula is C16H10FNO2. The normalized spacial score (nSPS) is 15.1. The van der Waals surface area contributed by atoms with Crippen molar-refractivity contribution in [2.24, 2.45) is 0 Å². The molecule has 4 heteroatoms. The van der Waals surface area contributed by atoms with Crippen LogP contribution in [0.25, 0.3) is 5.57 Å². The summed E-state index contributed by atoms with van der Waals surface area (Å²) in [5, 5.41) is 2.55. The van der Waals surface area contributed by atoms with Gasteiger partial charge >= 0.3 is 0 Å². The lowest BCUT2D eigenvalue weighted by molar-refractivity contribution is -0.110. The number of amides is 1. The highest BCUT2D eigenvalue weighted by Crippen LogP contribution is 2.32. The molecule has 20 heavy (non-hydrogen) atoms. The molecule has 0 saturated heterocycles. The number of anilines is 1. The van der Waals surface area contributed by atoms with Crippen LogP contribution in [-0.2, 0) is 4.79 Å². The van der Waals surface area contributed by atoms with E-state index < -0.39 is 11.7 Å². The fraction of sp³-hybridized carbons (Fsp3) is 0. The Balaban J connectivity index is 2.01. The average Bonchev–Trinajstić information content (AvgIpc) is 2.75. The van der Waals surface area contributed by atoms with Gasteiger partial charge in [-0.3, -0.25) is 9.59 Å². The molecule has 1 N–H and O–H groups in total. The third-order valence-corrected chi connectivity index (χ3v) is 3.10. The van der Waals surface area contributed by atoms with Gasteiger partial charge in [-0.25, -0.2) is 4.39 Å². The summed E-state index contributed by atoms with van der Waals surface area (Å²) in [4.78, 5) is 23.9. The maximum Gasteiger partial charge on any atom is 0.256 e. The molecule has 0 radical (unpaired) electrons. The van der Waals surface area contributed by atoms with Gasteiger partial charge in [0.25, 0.3) is 5.91 Å². The van der Waals surface area contributed by atoms with E-state index in [4.69, 9.17) is 0 Å². The zero-order chi connectivity index (χ0) is 14.1. The Morgan fingerprint density at radius 2 is 1.85 bits per heavy atom. The molecule has 3 nitrogen and oxygen atoms in total. The number of nitrogens with one attached hydrogen (secondary N) is 1. The van der Waals surface area contributed by atoms with Gasteiger partial charge in [0.2, 0.25) is 0 Å². The minimum atomic E-state index is -0.431. The van der Waals surface area contributed by atoms with Crippen LogP contribution in [0.2, 0.25) is 0 Å². The molecule has 98 valence electrons. The van der Waals surface area contributed by atoms with Crippen LogP contribution in [0.5, 0.6) is 0 Å². The Labute approximate surface area is 114 Å². The number of fused-ring (bicyclic) bond motifs is 1. The summed E-state index contributed by atoms with van der Waals surface area (Å²) >= 11 is 0. The maximum atomic E-state index is 13.1. The molecule has 2 aromatic rings. The minimum Gasteiger partial charge on any atom is -0.321 e. The average molecular weight is 267 g/mol. The van der Waals surface area contributed by atoms with E-state index >= 15 is 0 Å². The van der Waals surface area contributed by atoms with E-state index in [2.05, 4.69) is 5.32 Å². The first-order valence-electron chi connectivity index (χ1n) is 6.07. The van der Waals surface area contributed by atoms with Gasteiger partial charge in [-0.2, -0.15) is 0 Å². The van der Waals surface area contributed by atoms with E-state index in [-0.39, 0.29) is 11.4 Å². The summed E-state index contributed by atoms with van der Waals surface area (Å²) in [5.41, 5.74) is 1.69. The molecule has 0 fully saturated rings. The second kappa shape index (κ2) is 4.74. The smallest absolute Gasteiger partial charge is 0.256 e. The van der Waals surface area contributed by atoms with Crippen LogP contribution in [0, 0.1) is 5.82 Å². The number of allylic oxidation sites excluding steroid dienone is 1. The van der Waals surface area contributed by atoms with Crippen molar-refractivity contribution >= 4 is 23.0 Å². The monoisotopic (exact) mass is 267 g/mol. The molecule has 1 heterocycles. The van der Waals surface area contributed by atoms with E-state index in [0.29, 0.717) is 16.8 Å².